The van der Waals surface area contributed by atoms with Crippen molar-refractivity contribution in [2.45, 2.75) is 44.4 Å². The molecular weight excluding hydrogens is 262 g/mol. The summed E-state index contributed by atoms with van der Waals surface area (Å²) in [6, 6.07) is 10.6. The Labute approximate surface area is 126 Å². The fourth-order valence-electron chi connectivity index (χ4n) is 2.72. The molecule has 1 N–H and O–H groups in total. The maximum absolute atomic E-state index is 5.82. The van der Waals surface area contributed by atoms with Crippen LogP contribution in [0.3, 0.4) is 0 Å². The molecule has 0 bridgehead atoms. The van der Waals surface area contributed by atoms with E-state index in [2.05, 4.69) is 52.8 Å². The van der Waals surface area contributed by atoms with Gasteiger partial charge in [0, 0.05) is 12.3 Å². The summed E-state index contributed by atoms with van der Waals surface area (Å²) in [6.07, 6.45) is 4.22. The van der Waals surface area contributed by atoms with Crippen LogP contribution in [0.2, 0.25) is 0 Å². The lowest BCUT2D eigenvalue weighted by Gasteiger charge is -1.99. The molecule has 1 saturated carbocycles. The smallest absolute Gasteiger partial charge is 0.220 e. The summed E-state index contributed by atoms with van der Waals surface area (Å²) in [4.78, 5) is 0. The minimum atomic E-state index is 0.423. The monoisotopic (exact) mass is 285 g/mol. The Hall–Kier alpha value is -1.68. The largest absolute Gasteiger partial charge is 0.425 e. The van der Waals surface area contributed by atoms with E-state index >= 15 is 0 Å². The number of nitrogens with one attached hydrogen (secondary N) is 1. The second-order valence-electron chi connectivity index (χ2n) is 5.75. The van der Waals surface area contributed by atoms with Gasteiger partial charge in [0.05, 0.1) is 0 Å². The van der Waals surface area contributed by atoms with Crippen LogP contribution < -0.4 is 5.32 Å². The molecule has 112 valence electrons. The predicted octanol–water partition coefficient (Wildman–Crippen LogP) is 3.27. The quantitative estimate of drug-likeness (QED) is 0.756. The minimum absolute atomic E-state index is 0.423. The van der Waals surface area contributed by atoms with E-state index in [1.807, 2.05) is 0 Å². The minimum Gasteiger partial charge on any atom is -0.425 e. The van der Waals surface area contributed by atoms with E-state index in [9.17, 15) is 0 Å². The first-order valence-corrected chi connectivity index (χ1v) is 7.96. The topological polar surface area (TPSA) is 51.0 Å². The molecule has 3 rings (SSSR count). The zero-order valence-corrected chi connectivity index (χ0v) is 12.6. The molecule has 0 spiro atoms. The van der Waals surface area contributed by atoms with Gasteiger partial charge in [0.15, 0.2) is 0 Å². The van der Waals surface area contributed by atoms with E-state index in [1.165, 1.54) is 12.0 Å². The van der Waals surface area contributed by atoms with Crippen LogP contribution in [0, 0.1) is 0 Å². The molecule has 1 heterocycles. The van der Waals surface area contributed by atoms with Crippen LogP contribution in [0.4, 0.5) is 0 Å². The van der Waals surface area contributed by atoms with Crippen molar-refractivity contribution in [3.05, 3.63) is 47.7 Å². The van der Waals surface area contributed by atoms with Gasteiger partial charge >= 0.3 is 0 Å². The second kappa shape index (κ2) is 6.85. The summed E-state index contributed by atoms with van der Waals surface area (Å²) in [6.45, 7) is 4.27. The van der Waals surface area contributed by atoms with Crippen molar-refractivity contribution in [2.75, 3.05) is 13.1 Å². The first kappa shape index (κ1) is 14.3. The molecule has 0 saturated heterocycles. The Morgan fingerprint density at radius 3 is 2.81 bits per heavy atom. The number of benzene rings is 1. The van der Waals surface area contributed by atoms with Gasteiger partial charge in [0.1, 0.15) is 0 Å². The van der Waals surface area contributed by atoms with Gasteiger partial charge in [0.2, 0.25) is 11.8 Å². The molecule has 21 heavy (non-hydrogen) atoms. The van der Waals surface area contributed by atoms with Crippen molar-refractivity contribution < 1.29 is 4.42 Å². The van der Waals surface area contributed by atoms with Gasteiger partial charge in [-0.25, -0.2) is 0 Å². The zero-order valence-electron chi connectivity index (χ0n) is 12.6. The highest BCUT2D eigenvalue weighted by molar-refractivity contribution is 5.30. The van der Waals surface area contributed by atoms with Crippen molar-refractivity contribution in [3.63, 3.8) is 0 Å². The molecule has 1 fully saturated rings. The Kier molecular flexibility index (Phi) is 4.65. The lowest BCUT2D eigenvalue weighted by Crippen LogP contribution is -2.16. The van der Waals surface area contributed by atoms with Gasteiger partial charge in [-0.1, -0.05) is 37.3 Å². The Balaban J connectivity index is 1.48. The average Bonchev–Trinajstić information content (AvgIpc) is 3.19. The number of hydrogen-bond donors (Lipinski definition) is 1. The third kappa shape index (κ3) is 3.70. The molecule has 2 aromatic rings. The van der Waals surface area contributed by atoms with Crippen molar-refractivity contribution in [2.24, 2.45) is 0 Å². The fourth-order valence-corrected chi connectivity index (χ4v) is 2.72. The highest BCUT2D eigenvalue weighted by Gasteiger charge is 2.43. The molecule has 1 aliphatic rings. The Bertz CT molecular complexity index is 552. The Morgan fingerprint density at radius 1 is 1.14 bits per heavy atom. The van der Waals surface area contributed by atoms with Crippen LogP contribution >= 0.6 is 0 Å². The van der Waals surface area contributed by atoms with Crippen molar-refractivity contribution in [1.29, 1.82) is 0 Å². The Morgan fingerprint density at radius 2 is 2.00 bits per heavy atom. The van der Waals surface area contributed by atoms with E-state index < -0.39 is 0 Å². The SMILES string of the molecule is CCCNCCCc1nnc(C2CC2c2ccccc2)o1. The molecule has 2 unspecified atom stereocenters. The first-order valence-electron chi connectivity index (χ1n) is 7.96. The molecular formula is C17H23N3O. The van der Waals surface area contributed by atoms with Gasteiger partial charge < -0.3 is 9.73 Å². The highest BCUT2D eigenvalue weighted by Crippen LogP contribution is 2.53. The lowest BCUT2D eigenvalue weighted by atomic mass is 10.1. The van der Waals surface area contributed by atoms with Gasteiger partial charge in [-0.15, -0.1) is 10.2 Å². The number of rotatable bonds is 8. The van der Waals surface area contributed by atoms with E-state index in [1.54, 1.807) is 0 Å². The summed E-state index contributed by atoms with van der Waals surface area (Å²) in [5.41, 5.74) is 1.38. The standard InChI is InChI=1S/C17H23N3O/c1-2-10-18-11-6-9-16-19-20-17(21-16)15-12-14(15)13-7-4-3-5-8-13/h3-5,7-8,14-15,18H,2,6,9-12H2,1H3. The molecule has 2 atom stereocenters. The molecule has 4 nitrogen and oxygen atoms in total. The van der Waals surface area contributed by atoms with Crippen LogP contribution in [-0.2, 0) is 6.42 Å². The van der Waals surface area contributed by atoms with Crippen LogP contribution in [-0.4, -0.2) is 23.3 Å². The van der Waals surface area contributed by atoms with Gasteiger partial charge in [-0.2, -0.15) is 0 Å². The highest BCUT2D eigenvalue weighted by atomic mass is 16.4. The van der Waals surface area contributed by atoms with Gasteiger partial charge in [-0.05, 0) is 43.8 Å². The molecule has 1 aromatic heterocycles. The second-order valence-corrected chi connectivity index (χ2v) is 5.75. The average molecular weight is 285 g/mol. The molecule has 1 aromatic carbocycles. The van der Waals surface area contributed by atoms with Crippen LogP contribution in [0.25, 0.3) is 0 Å². The third-order valence-corrected chi connectivity index (χ3v) is 3.99. The summed E-state index contributed by atoms with van der Waals surface area (Å²) < 4.78 is 5.82. The molecule has 0 radical (unpaired) electrons. The zero-order chi connectivity index (χ0) is 14.5. The molecule has 1 aliphatic carbocycles. The summed E-state index contributed by atoms with van der Waals surface area (Å²) in [5.74, 6) is 2.58. The van der Waals surface area contributed by atoms with Crippen LogP contribution in [0.15, 0.2) is 34.7 Å². The number of aromatic nitrogens is 2. The number of aryl methyl sites for hydroxylation is 1. The van der Waals surface area contributed by atoms with E-state index in [4.69, 9.17) is 4.42 Å². The van der Waals surface area contributed by atoms with Gasteiger partial charge in [-0.3, -0.25) is 0 Å². The number of hydrogen-bond acceptors (Lipinski definition) is 4. The van der Waals surface area contributed by atoms with Crippen molar-refractivity contribution in [3.8, 4) is 0 Å². The molecule has 4 heteroatoms. The normalized spacial score (nSPS) is 20.6. The van der Waals surface area contributed by atoms with E-state index in [-0.39, 0.29) is 0 Å². The lowest BCUT2D eigenvalue weighted by molar-refractivity contribution is 0.441. The number of nitrogens with zero attached hydrogens (tertiary/aromatic N) is 2. The molecule has 0 aliphatic heterocycles. The van der Waals surface area contributed by atoms with E-state index in [0.717, 1.165) is 44.1 Å². The maximum Gasteiger partial charge on any atom is 0.220 e. The maximum atomic E-state index is 5.82. The predicted molar refractivity (Wildman–Crippen MR) is 82.3 cm³/mol. The third-order valence-electron chi connectivity index (χ3n) is 3.99. The summed E-state index contributed by atoms with van der Waals surface area (Å²) >= 11 is 0. The van der Waals surface area contributed by atoms with Crippen molar-refractivity contribution in [1.82, 2.24) is 15.5 Å². The summed E-state index contributed by atoms with van der Waals surface area (Å²) in [5, 5.41) is 11.8. The summed E-state index contributed by atoms with van der Waals surface area (Å²) in [7, 11) is 0. The van der Waals surface area contributed by atoms with Crippen LogP contribution in [0.1, 0.15) is 55.4 Å². The molecule has 0 amide bonds. The van der Waals surface area contributed by atoms with Crippen molar-refractivity contribution >= 4 is 0 Å². The fraction of sp³-hybridized carbons (Fsp3) is 0.529. The van der Waals surface area contributed by atoms with Crippen LogP contribution in [0.5, 0.6) is 0 Å². The first-order chi connectivity index (χ1) is 10.4. The van der Waals surface area contributed by atoms with Gasteiger partial charge in [0.25, 0.3) is 0 Å². The van der Waals surface area contributed by atoms with E-state index in [0.29, 0.717) is 11.8 Å².